The Morgan fingerprint density at radius 3 is 2.46 bits per heavy atom. The molecule has 0 bridgehead atoms. The Labute approximate surface area is 219 Å². The Hall–Kier alpha value is -4.15. The summed E-state index contributed by atoms with van der Waals surface area (Å²) in [6.45, 7) is 4.78. The topological polar surface area (TPSA) is 66.1 Å². The fourth-order valence-corrected chi connectivity index (χ4v) is 5.30. The van der Waals surface area contributed by atoms with Gasteiger partial charge in [0, 0.05) is 28.9 Å². The monoisotopic (exact) mass is 547 g/mol. The average molecular weight is 547 g/mol. The molecule has 0 spiro atoms. The van der Waals surface area contributed by atoms with Crippen LogP contribution in [0.15, 0.2) is 54.7 Å². The van der Waals surface area contributed by atoms with E-state index in [9.17, 15) is 22.4 Å². The Balaban J connectivity index is 1.51. The SMILES string of the molecule is CC1c2c(cc(F)c(-c3cccc4cc[nH]c34)c2F)NC(C)(C)C1OC(=O)Nc1c(F)cccc1C(F)(F)F. The standard InChI is InChI=1S/C28H23F6N3O2/c1-13-20-19(12-18(30)21(22(20)31)15-7-4-6-14-10-11-35-23(14)15)37-27(2,3)25(13)39-26(38)36-24-16(28(32,33)34)8-5-9-17(24)29/h4-13,25,35,37H,1-3H3,(H,36,38). The number of hydrogen-bond donors (Lipinski definition) is 3. The molecule has 3 N–H and O–H groups in total. The second kappa shape index (κ2) is 9.25. The van der Waals surface area contributed by atoms with Gasteiger partial charge in [0.05, 0.1) is 27.9 Å². The molecule has 4 aromatic rings. The molecular formula is C28H23F6N3O2. The first-order valence-corrected chi connectivity index (χ1v) is 12.0. The highest BCUT2D eigenvalue weighted by atomic mass is 19.4. The minimum Gasteiger partial charge on any atom is -0.443 e. The van der Waals surface area contributed by atoms with E-state index in [0.29, 0.717) is 17.1 Å². The molecule has 204 valence electrons. The maximum Gasteiger partial charge on any atom is 0.418 e. The number of halogens is 6. The van der Waals surface area contributed by atoms with E-state index in [1.54, 1.807) is 51.2 Å². The number of anilines is 2. The van der Waals surface area contributed by atoms with E-state index in [0.717, 1.165) is 17.5 Å². The average Bonchev–Trinajstić information content (AvgIpc) is 3.31. The predicted octanol–water partition coefficient (Wildman–Crippen LogP) is 8.20. The molecule has 2 atom stereocenters. The van der Waals surface area contributed by atoms with Crippen molar-refractivity contribution in [3.8, 4) is 11.1 Å². The van der Waals surface area contributed by atoms with Crippen LogP contribution in [0.3, 0.4) is 0 Å². The summed E-state index contributed by atoms with van der Waals surface area (Å²) in [6.07, 6.45) is -5.79. The van der Waals surface area contributed by atoms with Gasteiger partial charge in [-0.15, -0.1) is 0 Å². The number of amides is 1. The van der Waals surface area contributed by atoms with Crippen LogP contribution in [-0.2, 0) is 10.9 Å². The molecule has 1 aliphatic heterocycles. The summed E-state index contributed by atoms with van der Waals surface area (Å²) >= 11 is 0. The number of aromatic amines is 1. The summed E-state index contributed by atoms with van der Waals surface area (Å²) < 4.78 is 91.3. The minimum atomic E-state index is -4.94. The van der Waals surface area contributed by atoms with Crippen LogP contribution in [0.4, 0.5) is 42.5 Å². The molecule has 1 amide bonds. The Morgan fingerprint density at radius 2 is 1.74 bits per heavy atom. The van der Waals surface area contributed by atoms with Crippen molar-refractivity contribution >= 4 is 28.4 Å². The third-order valence-electron chi connectivity index (χ3n) is 6.97. The molecule has 2 heterocycles. The van der Waals surface area contributed by atoms with E-state index in [-0.39, 0.29) is 16.8 Å². The van der Waals surface area contributed by atoms with Crippen molar-refractivity contribution in [1.82, 2.24) is 4.98 Å². The van der Waals surface area contributed by atoms with Crippen molar-refractivity contribution < 1.29 is 35.9 Å². The summed E-state index contributed by atoms with van der Waals surface area (Å²) in [5.74, 6) is -3.84. The van der Waals surface area contributed by atoms with Crippen LogP contribution in [0.5, 0.6) is 0 Å². The largest absolute Gasteiger partial charge is 0.443 e. The summed E-state index contributed by atoms with van der Waals surface area (Å²) in [4.78, 5) is 15.7. The summed E-state index contributed by atoms with van der Waals surface area (Å²) in [7, 11) is 0. The number of benzene rings is 3. The summed E-state index contributed by atoms with van der Waals surface area (Å²) in [5, 5.41) is 5.58. The van der Waals surface area contributed by atoms with Gasteiger partial charge >= 0.3 is 12.3 Å². The van der Waals surface area contributed by atoms with Gasteiger partial charge in [0.1, 0.15) is 23.6 Å². The zero-order valence-electron chi connectivity index (χ0n) is 20.9. The van der Waals surface area contributed by atoms with E-state index in [4.69, 9.17) is 4.74 Å². The number of aromatic nitrogens is 1. The number of nitrogens with one attached hydrogen (secondary N) is 3. The maximum absolute atomic E-state index is 16.1. The third kappa shape index (κ3) is 4.55. The highest BCUT2D eigenvalue weighted by Crippen LogP contribution is 2.46. The third-order valence-corrected chi connectivity index (χ3v) is 6.97. The van der Waals surface area contributed by atoms with Crippen LogP contribution in [-0.4, -0.2) is 22.7 Å². The molecule has 5 nitrogen and oxygen atoms in total. The molecule has 0 saturated carbocycles. The molecule has 0 saturated heterocycles. The van der Waals surface area contributed by atoms with Gasteiger partial charge < -0.3 is 15.0 Å². The van der Waals surface area contributed by atoms with E-state index >= 15 is 8.78 Å². The number of fused-ring (bicyclic) bond motifs is 2. The lowest BCUT2D eigenvalue weighted by Gasteiger charge is -2.44. The molecule has 1 aromatic heterocycles. The Morgan fingerprint density at radius 1 is 1.03 bits per heavy atom. The Bertz CT molecular complexity index is 1590. The first-order valence-electron chi connectivity index (χ1n) is 12.0. The van der Waals surface area contributed by atoms with Crippen LogP contribution < -0.4 is 10.6 Å². The van der Waals surface area contributed by atoms with Crippen molar-refractivity contribution in [2.75, 3.05) is 10.6 Å². The van der Waals surface area contributed by atoms with Crippen molar-refractivity contribution in [3.05, 3.63) is 83.3 Å². The molecule has 2 unspecified atom stereocenters. The van der Waals surface area contributed by atoms with Gasteiger partial charge in [-0.2, -0.15) is 13.2 Å². The molecule has 11 heteroatoms. The molecule has 1 aliphatic rings. The number of carbonyl (C=O) groups excluding carboxylic acids is 1. The van der Waals surface area contributed by atoms with Crippen molar-refractivity contribution in [1.29, 1.82) is 0 Å². The van der Waals surface area contributed by atoms with Gasteiger partial charge in [0.15, 0.2) is 0 Å². The van der Waals surface area contributed by atoms with E-state index in [1.165, 1.54) is 6.07 Å². The number of hydrogen-bond acceptors (Lipinski definition) is 3. The number of carbonyl (C=O) groups is 1. The number of ether oxygens (including phenoxy) is 1. The van der Waals surface area contributed by atoms with Gasteiger partial charge in [0.25, 0.3) is 0 Å². The molecule has 0 fully saturated rings. The van der Waals surface area contributed by atoms with Crippen molar-refractivity contribution in [3.63, 3.8) is 0 Å². The fraction of sp³-hybridized carbons (Fsp3) is 0.250. The zero-order chi connectivity index (χ0) is 28.3. The van der Waals surface area contributed by atoms with Crippen molar-refractivity contribution in [2.45, 2.75) is 44.5 Å². The second-order valence-corrected chi connectivity index (χ2v) is 10.0. The van der Waals surface area contributed by atoms with Crippen LogP contribution in [0, 0.1) is 17.5 Å². The van der Waals surface area contributed by atoms with Crippen molar-refractivity contribution in [2.24, 2.45) is 0 Å². The lowest BCUT2D eigenvalue weighted by molar-refractivity contribution is -0.137. The van der Waals surface area contributed by atoms with Gasteiger partial charge in [-0.3, -0.25) is 5.32 Å². The molecule has 39 heavy (non-hydrogen) atoms. The van der Waals surface area contributed by atoms with Crippen LogP contribution >= 0.6 is 0 Å². The lowest BCUT2D eigenvalue weighted by atomic mass is 9.77. The summed E-state index contributed by atoms with van der Waals surface area (Å²) in [5.41, 5.74) is -2.84. The van der Waals surface area contributed by atoms with Crippen LogP contribution in [0.2, 0.25) is 0 Å². The highest BCUT2D eigenvalue weighted by molar-refractivity contribution is 5.95. The van der Waals surface area contributed by atoms with Gasteiger partial charge in [-0.1, -0.05) is 31.2 Å². The van der Waals surface area contributed by atoms with E-state index in [2.05, 4.69) is 10.3 Å². The molecular weight excluding hydrogens is 524 g/mol. The zero-order valence-corrected chi connectivity index (χ0v) is 20.9. The molecule has 3 aromatic carbocycles. The minimum absolute atomic E-state index is 0.0361. The molecule has 0 radical (unpaired) electrons. The molecule has 5 rings (SSSR count). The quantitative estimate of drug-likeness (QED) is 0.227. The maximum atomic E-state index is 16.1. The number of para-hydroxylation sites is 2. The smallest absolute Gasteiger partial charge is 0.418 e. The first-order chi connectivity index (χ1) is 18.3. The van der Waals surface area contributed by atoms with Gasteiger partial charge in [-0.25, -0.2) is 18.0 Å². The highest BCUT2D eigenvalue weighted by Gasteiger charge is 2.45. The number of alkyl halides is 3. The van der Waals surface area contributed by atoms with Gasteiger partial charge in [-0.05, 0) is 43.5 Å². The van der Waals surface area contributed by atoms with Gasteiger partial charge in [0.2, 0.25) is 0 Å². The van der Waals surface area contributed by atoms with E-state index < -0.39 is 58.5 Å². The summed E-state index contributed by atoms with van der Waals surface area (Å²) in [6, 6.07) is 10.2. The lowest BCUT2D eigenvalue weighted by Crippen LogP contribution is -2.52. The fourth-order valence-electron chi connectivity index (χ4n) is 5.30. The molecule has 0 aliphatic carbocycles. The predicted molar refractivity (Wildman–Crippen MR) is 135 cm³/mol. The second-order valence-electron chi connectivity index (χ2n) is 10.0. The van der Waals surface area contributed by atoms with Crippen LogP contribution in [0.25, 0.3) is 22.0 Å². The number of H-pyrrole nitrogens is 1. The first kappa shape index (κ1) is 26.5. The number of rotatable bonds is 3. The van der Waals surface area contributed by atoms with E-state index in [1.807, 2.05) is 5.32 Å². The Kier molecular flexibility index (Phi) is 6.27. The normalized spacial score (nSPS) is 18.4. The van der Waals surface area contributed by atoms with Crippen LogP contribution in [0.1, 0.15) is 37.8 Å².